The third-order valence-electron chi connectivity index (χ3n) is 1.16. The van der Waals surface area contributed by atoms with Crippen molar-refractivity contribution in [2.24, 2.45) is 4.99 Å². The zero-order valence-corrected chi connectivity index (χ0v) is 4.67. The fraction of sp³-hybridized carbons (Fsp3) is 0.500. The van der Waals surface area contributed by atoms with E-state index in [0.29, 0.717) is 0 Å². The molecule has 2 nitrogen and oxygen atoms in total. The zero-order chi connectivity index (χ0) is 5.82. The molecule has 0 aromatic rings. The SMILES string of the molecule is OCC1=CN=CCC1. The van der Waals surface area contributed by atoms with Gasteiger partial charge in [0, 0.05) is 12.4 Å². The Balaban J connectivity index is 2.50. The summed E-state index contributed by atoms with van der Waals surface area (Å²) in [6, 6.07) is 0. The van der Waals surface area contributed by atoms with Crippen molar-refractivity contribution in [1.29, 1.82) is 0 Å². The Labute approximate surface area is 48.6 Å². The summed E-state index contributed by atoms with van der Waals surface area (Å²) in [7, 11) is 0. The average Bonchev–Trinajstić information content (AvgIpc) is 1.90. The zero-order valence-electron chi connectivity index (χ0n) is 4.67. The van der Waals surface area contributed by atoms with Crippen LogP contribution in [0.4, 0.5) is 0 Å². The molecule has 0 fully saturated rings. The van der Waals surface area contributed by atoms with Gasteiger partial charge >= 0.3 is 0 Å². The van der Waals surface area contributed by atoms with Crippen molar-refractivity contribution in [2.75, 3.05) is 6.61 Å². The third kappa shape index (κ3) is 1.17. The molecule has 0 unspecified atom stereocenters. The molecule has 0 saturated carbocycles. The van der Waals surface area contributed by atoms with Crippen molar-refractivity contribution >= 4 is 6.21 Å². The summed E-state index contributed by atoms with van der Waals surface area (Å²) in [5.41, 5.74) is 1.03. The Morgan fingerprint density at radius 3 is 3.00 bits per heavy atom. The summed E-state index contributed by atoms with van der Waals surface area (Å²) in [5.74, 6) is 0. The van der Waals surface area contributed by atoms with Crippen molar-refractivity contribution in [1.82, 2.24) is 0 Å². The van der Waals surface area contributed by atoms with E-state index in [1.807, 2.05) is 6.21 Å². The monoisotopic (exact) mass is 111 g/mol. The molecular formula is C6H9NO. The van der Waals surface area contributed by atoms with Crippen LogP contribution in [0.3, 0.4) is 0 Å². The highest BCUT2D eigenvalue weighted by Crippen LogP contribution is 2.06. The standard InChI is InChI=1S/C6H9NO/c8-5-6-2-1-3-7-4-6/h3-4,8H,1-2,5H2. The molecule has 0 radical (unpaired) electrons. The lowest BCUT2D eigenvalue weighted by atomic mass is 10.1. The maximum Gasteiger partial charge on any atom is 0.0659 e. The van der Waals surface area contributed by atoms with Crippen LogP contribution in [0.1, 0.15) is 12.8 Å². The largest absolute Gasteiger partial charge is 0.392 e. The van der Waals surface area contributed by atoms with Crippen LogP contribution < -0.4 is 0 Å². The Hall–Kier alpha value is -0.630. The van der Waals surface area contributed by atoms with Crippen molar-refractivity contribution in [3.8, 4) is 0 Å². The van der Waals surface area contributed by atoms with Crippen molar-refractivity contribution in [2.45, 2.75) is 12.8 Å². The molecule has 0 atom stereocenters. The fourth-order valence-electron chi connectivity index (χ4n) is 0.667. The molecule has 0 aromatic heterocycles. The van der Waals surface area contributed by atoms with Gasteiger partial charge in [0.05, 0.1) is 6.61 Å². The Morgan fingerprint density at radius 2 is 2.62 bits per heavy atom. The first kappa shape index (κ1) is 5.51. The molecule has 0 saturated heterocycles. The molecule has 1 aliphatic rings. The second kappa shape index (κ2) is 2.62. The van der Waals surface area contributed by atoms with Gasteiger partial charge in [-0.3, -0.25) is 4.99 Å². The Morgan fingerprint density at radius 1 is 1.75 bits per heavy atom. The predicted molar refractivity (Wildman–Crippen MR) is 32.9 cm³/mol. The maximum atomic E-state index is 8.55. The molecule has 2 heteroatoms. The Kier molecular flexibility index (Phi) is 1.80. The van der Waals surface area contributed by atoms with E-state index in [2.05, 4.69) is 4.99 Å². The van der Waals surface area contributed by atoms with Crippen LogP contribution in [0, 0.1) is 0 Å². The molecule has 1 N–H and O–H groups in total. The van der Waals surface area contributed by atoms with Crippen LogP contribution >= 0.6 is 0 Å². The van der Waals surface area contributed by atoms with E-state index in [9.17, 15) is 0 Å². The summed E-state index contributed by atoms with van der Waals surface area (Å²) in [4.78, 5) is 3.88. The second-order valence-electron chi connectivity index (χ2n) is 1.82. The molecule has 0 spiro atoms. The van der Waals surface area contributed by atoms with Crippen molar-refractivity contribution in [3.63, 3.8) is 0 Å². The van der Waals surface area contributed by atoms with Gasteiger partial charge < -0.3 is 5.11 Å². The second-order valence-corrected chi connectivity index (χ2v) is 1.82. The van der Waals surface area contributed by atoms with Crippen LogP contribution in [-0.2, 0) is 0 Å². The van der Waals surface area contributed by atoms with Gasteiger partial charge in [0.1, 0.15) is 0 Å². The minimum Gasteiger partial charge on any atom is -0.392 e. The summed E-state index contributed by atoms with van der Waals surface area (Å²) >= 11 is 0. The van der Waals surface area contributed by atoms with E-state index in [4.69, 9.17) is 5.11 Å². The van der Waals surface area contributed by atoms with Crippen molar-refractivity contribution in [3.05, 3.63) is 11.8 Å². The number of rotatable bonds is 1. The van der Waals surface area contributed by atoms with E-state index in [-0.39, 0.29) is 6.61 Å². The predicted octanol–water partition coefficient (Wildman–Crippen LogP) is 0.727. The van der Waals surface area contributed by atoms with Crippen LogP contribution in [0.5, 0.6) is 0 Å². The van der Waals surface area contributed by atoms with E-state index in [1.54, 1.807) is 6.20 Å². The first-order valence-electron chi connectivity index (χ1n) is 2.74. The smallest absolute Gasteiger partial charge is 0.0659 e. The molecule has 0 bridgehead atoms. The van der Waals surface area contributed by atoms with Crippen LogP contribution in [0.25, 0.3) is 0 Å². The van der Waals surface area contributed by atoms with Crippen LogP contribution in [0.15, 0.2) is 16.8 Å². The molecular weight excluding hydrogens is 102 g/mol. The molecule has 0 amide bonds. The maximum absolute atomic E-state index is 8.55. The first-order valence-corrected chi connectivity index (χ1v) is 2.74. The highest BCUT2D eigenvalue weighted by molar-refractivity contribution is 5.60. The summed E-state index contributed by atoms with van der Waals surface area (Å²) in [6.07, 6.45) is 5.54. The van der Waals surface area contributed by atoms with Gasteiger partial charge in [0.15, 0.2) is 0 Å². The van der Waals surface area contributed by atoms with Crippen molar-refractivity contribution < 1.29 is 5.11 Å². The quantitative estimate of drug-likeness (QED) is 0.531. The molecule has 0 aliphatic carbocycles. The molecule has 1 heterocycles. The number of aliphatic hydroxyl groups is 1. The van der Waals surface area contributed by atoms with Gasteiger partial charge in [-0.15, -0.1) is 0 Å². The summed E-state index contributed by atoms with van der Waals surface area (Å²) in [6.45, 7) is 0.164. The Bertz CT molecular complexity index is 126. The third-order valence-corrected chi connectivity index (χ3v) is 1.16. The van der Waals surface area contributed by atoms with Gasteiger partial charge in [0.2, 0.25) is 0 Å². The average molecular weight is 111 g/mol. The lowest BCUT2D eigenvalue weighted by Crippen LogP contribution is -1.94. The molecule has 44 valence electrons. The number of hydrogen-bond donors (Lipinski definition) is 1. The van der Waals surface area contributed by atoms with E-state index in [1.165, 1.54) is 0 Å². The number of aliphatic hydroxyl groups excluding tert-OH is 1. The molecule has 1 aliphatic heterocycles. The van der Waals surface area contributed by atoms with Gasteiger partial charge in [-0.1, -0.05) is 0 Å². The number of nitrogens with zero attached hydrogens (tertiary/aromatic N) is 1. The highest BCUT2D eigenvalue weighted by Gasteiger charge is 1.95. The minimum atomic E-state index is 0.164. The van der Waals surface area contributed by atoms with E-state index >= 15 is 0 Å². The first-order chi connectivity index (χ1) is 3.93. The van der Waals surface area contributed by atoms with Gasteiger partial charge in [-0.25, -0.2) is 0 Å². The van der Waals surface area contributed by atoms with Gasteiger partial charge in [-0.2, -0.15) is 0 Å². The minimum absolute atomic E-state index is 0.164. The van der Waals surface area contributed by atoms with E-state index < -0.39 is 0 Å². The van der Waals surface area contributed by atoms with Crippen LogP contribution in [-0.4, -0.2) is 17.9 Å². The number of aliphatic imine (C=N–C) groups is 1. The number of hydrogen-bond acceptors (Lipinski definition) is 2. The molecule has 1 rings (SSSR count). The summed E-state index contributed by atoms with van der Waals surface area (Å²) in [5, 5.41) is 8.55. The van der Waals surface area contributed by atoms with Gasteiger partial charge in [0.25, 0.3) is 0 Å². The topological polar surface area (TPSA) is 32.6 Å². The molecule has 0 aromatic carbocycles. The summed E-state index contributed by atoms with van der Waals surface area (Å²) < 4.78 is 0. The van der Waals surface area contributed by atoms with Crippen LogP contribution in [0.2, 0.25) is 0 Å². The lowest BCUT2D eigenvalue weighted by Gasteiger charge is -2.01. The fourth-order valence-corrected chi connectivity index (χ4v) is 0.667. The lowest BCUT2D eigenvalue weighted by molar-refractivity contribution is 0.326. The van der Waals surface area contributed by atoms with Gasteiger partial charge in [-0.05, 0) is 18.4 Å². The molecule has 8 heavy (non-hydrogen) atoms. The van der Waals surface area contributed by atoms with E-state index in [0.717, 1.165) is 18.4 Å². The normalized spacial score (nSPS) is 18.4. The highest BCUT2D eigenvalue weighted by atomic mass is 16.3.